The molecular weight excluding hydrogens is 293 g/mol. The van der Waals surface area contributed by atoms with E-state index in [-0.39, 0.29) is 11.5 Å². The van der Waals surface area contributed by atoms with Gasteiger partial charge in [-0.2, -0.15) is 18.3 Å². The predicted molar refractivity (Wildman–Crippen MR) is 80.6 cm³/mol. The van der Waals surface area contributed by atoms with Crippen LogP contribution in [0.15, 0.2) is 29.4 Å². The maximum atomic E-state index is 12.8. The van der Waals surface area contributed by atoms with E-state index >= 15 is 0 Å². The lowest BCUT2D eigenvalue weighted by atomic mass is 10.1. The zero-order valence-electron chi connectivity index (χ0n) is 12.6. The van der Waals surface area contributed by atoms with Crippen molar-refractivity contribution in [3.05, 3.63) is 35.4 Å². The second-order valence-electron chi connectivity index (χ2n) is 5.04. The number of nitrogens with zero attached hydrogens (tertiary/aromatic N) is 1. The maximum Gasteiger partial charge on any atom is 0.417 e. The third-order valence-electron chi connectivity index (χ3n) is 3.17. The Morgan fingerprint density at radius 3 is 2.55 bits per heavy atom. The molecule has 1 aromatic rings. The number of amides is 1. The minimum atomic E-state index is -4.44. The van der Waals surface area contributed by atoms with Crippen LogP contribution < -0.4 is 5.43 Å². The van der Waals surface area contributed by atoms with E-state index in [9.17, 15) is 18.0 Å². The summed E-state index contributed by atoms with van der Waals surface area (Å²) in [5.41, 5.74) is 1.42. The van der Waals surface area contributed by atoms with Crippen LogP contribution in [-0.4, -0.2) is 12.1 Å². The van der Waals surface area contributed by atoms with Crippen molar-refractivity contribution in [1.29, 1.82) is 0 Å². The molecule has 0 aromatic heterocycles. The van der Waals surface area contributed by atoms with Gasteiger partial charge in [-0.1, -0.05) is 50.8 Å². The summed E-state index contributed by atoms with van der Waals surface area (Å²) in [6.07, 6.45) is 2.03. The first-order chi connectivity index (χ1) is 10.4. The van der Waals surface area contributed by atoms with Crippen LogP contribution in [0.25, 0.3) is 0 Å². The molecule has 0 heterocycles. The Balaban J connectivity index is 2.44. The Morgan fingerprint density at radius 2 is 1.86 bits per heavy atom. The van der Waals surface area contributed by atoms with Crippen LogP contribution in [0, 0.1) is 0 Å². The zero-order valence-corrected chi connectivity index (χ0v) is 12.6. The van der Waals surface area contributed by atoms with Gasteiger partial charge in [-0.05, 0) is 12.5 Å². The lowest BCUT2D eigenvalue weighted by Gasteiger charge is -2.09. The van der Waals surface area contributed by atoms with Crippen LogP contribution in [-0.2, 0) is 11.0 Å². The summed E-state index contributed by atoms with van der Waals surface area (Å²) < 4.78 is 38.3. The number of alkyl halides is 3. The molecule has 0 atom stereocenters. The van der Waals surface area contributed by atoms with E-state index in [1.54, 1.807) is 0 Å². The van der Waals surface area contributed by atoms with Gasteiger partial charge < -0.3 is 0 Å². The average molecular weight is 314 g/mol. The number of benzene rings is 1. The van der Waals surface area contributed by atoms with Crippen molar-refractivity contribution in [2.24, 2.45) is 5.10 Å². The minimum absolute atomic E-state index is 0.0711. The molecule has 0 spiro atoms. The molecule has 1 amide bonds. The number of nitrogens with one attached hydrogen (secondary N) is 1. The van der Waals surface area contributed by atoms with Gasteiger partial charge in [0.25, 0.3) is 0 Å². The van der Waals surface area contributed by atoms with E-state index in [0.717, 1.165) is 44.4 Å². The van der Waals surface area contributed by atoms with Crippen LogP contribution >= 0.6 is 0 Å². The summed E-state index contributed by atoms with van der Waals surface area (Å²) in [6, 6.07) is 5.10. The number of hydrogen-bond acceptors (Lipinski definition) is 2. The van der Waals surface area contributed by atoms with Crippen molar-refractivity contribution in [3.63, 3.8) is 0 Å². The molecule has 22 heavy (non-hydrogen) atoms. The summed E-state index contributed by atoms with van der Waals surface area (Å²) in [5, 5.41) is 3.61. The van der Waals surface area contributed by atoms with Crippen molar-refractivity contribution in [3.8, 4) is 0 Å². The Morgan fingerprint density at radius 1 is 1.18 bits per heavy atom. The fourth-order valence-electron chi connectivity index (χ4n) is 1.99. The van der Waals surface area contributed by atoms with E-state index in [0.29, 0.717) is 6.42 Å². The Kier molecular flexibility index (Phi) is 7.63. The van der Waals surface area contributed by atoms with E-state index in [4.69, 9.17) is 0 Å². The molecule has 1 N–H and O–H groups in total. The highest BCUT2D eigenvalue weighted by molar-refractivity contribution is 5.84. The van der Waals surface area contributed by atoms with Gasteiger partial charge in [0, 0.05) is 12.0 Å². The highest BCUT2D eigenvalue weighted by atomic mass is 19.4. The fourth-order valence-corrected chi connectivity index (χ4v) is 1.99. The van der Waals surface area contributed by atoms with Gasteiger partial charge >= 0.3 is 6.18 Å². The fraction of sp³-hybridized carbons (Fsp3) is 0.500. The lowest BCUT2D eigenvalue weighted by molar-refractivity contribution is -0.137. The molecule has 0 fully saturated rings. The summed E-state index contributed by atoms with van der Waals surface area (Å²) in [6.45, 7) is 2.11. The number of hydrogen-bond donors (Lipinski definition) is 1. The SMILES string of the molecule is CCCCCCCC(=O)N/N=C/c1ccccc1C(F)(F)F. The van der Waals surface area contributed by atoms with E-state index in [1.807, 2.05) is 0 Å². The Bertz CT molecular complexity index is 498. The lowest BCUT2D eigenvalue weighted by Crippen LogP contribution is -2.17. The molecule has 122 valence electrons. The highest BCUT2D eigenvalue weighted by Gasteiger charge is 2.32. The number of unbranched alkanes of at least 4 members (excludes halogenated alkanes) is 4. The average Bonchev–Trinajstić information content (AvgIpc) is 2.46. The summed E-state index contributed by atoms with van der Waals surface area (Å²) in [5.74, 6) is -0.280. The second-order valence-corrected chi connectivity index (χ2v) is 5.04. The van der Waals surface area contributed by atoms with Crippen molar-refractivity contribution < 1.29 is 18.0 Å². The standard InChI is InChI=1S/C16H21F3N2O/c1-2-3-4-5-6-11-15(22)21-20-12-13-9-7-8-10-14(13)16(17,18)19/h7-10,12H,2-6,11H2,1H3,(H,21,22)/b20-12+. The van der Waals surface area contributed by atoms with Gasteiger partial charge in [0.05, 0.1) is 11.8 Å². The van der Waals surface area contributed by atoms with E-state index in [2.05, 4.69) is 17.5 Å². The smallest absolute Gasteiger partial charge is 0.273 e. The molecule has 0 radical (unpaired) electrons. The molecule has 0 bridgehead atoms. The third-order valence-corrected chi connectivity index (χ3v) is 3.17. The number of carbonyl (C=O) groups excluding carboxylic acids is 1. The van der Waals surface area contributed by atoms with Crippen LogP contribution in [0.1, 0.15) is 56.6 Å². The normalized spacial score (nSPS) is 11.8. The highest BCUT2D eigenvalue weighted by Crippen LogP contribution is 2.30. The van der Waals surface area contributed by atoms with Crippen LogP contribution in [0.2, 0.25) is 0 Å². The maximum absolute atomic E-state index is 12.8. The zero-order chi connectivity index (χ0) is 16.4. The second kappa shape index (κ2) is 9.23. The van der Waals surface area contributed by atoms with Crippen molar-refractivity contribution in [2.45, 2.75) is 51.6 Å². The van der Waals surface area contributed by atoms with Crippen LogP contribution in [0.3, 0.4) is 0 Å². The number of carbonyl (C=O) groups is 1. The molecular formula is C16H21F3N2O. The molecule has 0 unspecified atom stereocenters. The monoisotopic (exact) mass is 314 g/mol. The van der Waals surface area contributed by atoms with Gasteiger partial charge in [-0.15, -0.1) is 0 Å². The summed E-state index contributed by atoms with van der Waals surface area (Å²) in [4.78, 5) is 11.5. The van der Waals surface area contributed by atoms with Gasteiger partial charge in [0.15, 0.2) is 0 Å². The number of hydrazone groups is 1. The molecule has 0 aliphatic rings. The molecule has 0 aliphatic carbocycles. The predicted octanol–water partition coefficient (Wildman–Crippen LogP) is 4.52. The van der Waals surface area contributed by atoms with Gasteiger partial charge in [-0.3, -0.25) is 4.79 Å². The molecule has 0 aliphatic heterocycles. The molecule has 1 aromatic carbocycles. The molecule has 0 saturated heterocycles. The largest absolute Gasteiger partial charge is 0.417 e. The van der Waals surface area contributed by atoms with Crippen LogP contribution in [0.5, 0.6) is 0 Å². The van der Waals surface area contributed by atoms with Crippen molar-refractivity contribution in [1.82, 2.24) is 5.43 Å². The first-order valence-electron chi connectivity index (χ1n) is 7.43. The molecule has 3 nitrogen and oxygen atoms in total. The summed E-state index contributed by atoms with van der Waals surface area (Å²) in [7, 11) is 0. The van der Waals surface area contributed by atoms with E-state index < -0.39 is 11.7 Å². The van der Waals surface area contributed by atoms with Gasteiger partial charge in [0.1, 0.15) is 0 Å². The first-order valence-corrected chi connectivity index (χ1v) is 7.43. The number of rotatable bonds is 8. The van der Waals surface area contributed by atoms with Gasteiger partial charge in [-0.25, -0.2) is 5.43 Å². The summed E-state index contributed by atoms with van der Waals surface area (Å²) >= 11 is 0. The van der Waals surface area contributed by atoms with E-state index in [1.165, 1.54) is 18.2 Å². The molecule has 6 heteroatoms. The third kappa shape index (κ3) is 6.74. The molecule has 0 saturated carbocycles. The van der Waals surface area contributed by atoms with Crippen LogP contribution in [0.4, 0.5) is 13.2 Å². The van der Waals surface area contributed by atoms with Crippen molar-refractivity contribution in [2.75, 3.05) is 0 Å². The first kappa shape index (κ1) is 18.2. The topological polar surface area (TPSA) is 41.5 Å². The molecule has 1 rings (SSSR count). The Hall–Kier alpha value is -1.85. The number of halogens is 3. The Labute approximate surface area is 128 Å². The quantitative estimate of drug-likeness (QED) is 0.428. The van der Waals surface area contributed by atoms with Gasteiger partial charge in [0.2, 0.25) is 5.91 Å². The minimum Gasteiger partial charge on any atom is -0.273 e. The van der Waals surface area contributed by atoms with Crippen molar-refractivity contribution >= 4 is 12.1 Å².